The van der Waals surface area contributed by atoms with E-state index in [1.54, 1.807) is 0 Å². The molecule has 1 aliphatic rings. The Bertz CT molecular complexity index is 237. The molecular weight excluding hydrogens is 183 g/mol. The van der Waals surface area contributed by atoms with Crippen LogP contribution in [0.2, 0.25) is 0 Å². The zero-order valence-electron chi connectivity index (χ0n) is 8.27. The maximum Gasteiger partial charge on any atom is 0.483 e. The van der Waals surface area contributed by atoms with Crippen molar-refractivity contribution in [2.24, 2.45) is 5.92 Å². The summed E-state index contributed by atoms with van der Waals surface area (Å²) in [6, 6.07) is 0. The van der Waals surface area contributed by atoms with Gasteiger partial charge in [0.1, 0.15) is 0 Å². The number of esters is 1. The van der Waals surface area contributed by atoms with Crippen LogP contribution < -0.4 is 0 Å². The van der Waals surface area contributed by atoms with Gasteiger partial charge in [-0.25, -0.2) is 0 Å². The third-order valence-electron chi connectivity index (χ3n) is 2.57. The first-order valence-corrected chi connectivity index (χ1v) is 4.75. The average Bonchev–Trinajstić information content (AvgIpc) is 2.18. The normalized spacial score (nSPS) is 21.4. The van der Waals surface area contributed by atoms with Crippen molar-refractivity contribution in [3.8, 4) is 0 Å². The fraction of sp³-hybridized carbons (Fsp3) is 0.667. The van der Waals surface area contributed by atoms with Crippen molar-refractivity contribution in [2.75, 3.05) is 7.11 Å². The molecule has 0 bridgehead atoms. The van der Waals surface area contributed by atoms with E-state index in [0.29, 0.717) is 18.3 Å². The largest absolute Gasteiger partial charge is 0.483 e. The van der Waals surface area contributed by atoms with Gasteiger partial charge in [-0.2, -0.15) is 0 Å². The van der Waals surface area contributed by atoms with Crippen LogP contribution in [0.4, 0.5) is 0 Å². The highest BCUT2D eigenvalue weighted by Gasteiger charge is 2.22. The Morgan fingerprint density at radius 2 is 2.43 bits per heavy atom. The molecule has 1 aliphatic carbocycles. The fourth-order valence-electron chi connectivity index (χ4n) is 1.65. The minimum Gasteiger partial charge on any atom is -0.469 e. The van der Waals surface area contributed by atoms with Gasteiger partial charge >= 0.3 is 13.1 Å². The van der Waals surface area contributed by atoms with Crippen molar-refractivity contribution >= 4 is 13.1 Å². The van der Waals surface area contributed by atoms with Gasteiger partial charge in [-0.15, -0.1) is 0 Å². The summed E-state index contributed by atoms with van der Waals surface area (Å²) in [5.74, 6) is 0.0846. The van der Waals surface area contributed by atoms with Crippen LogP contribution in [0.5, 0.6) is 0 Å². The van der Waals surface area contributed by atoms with E-state index in [0.717, 1.165) is 12.8 Å². The molecule has 0 aromatic rings. The predicted molar refractivity (Wildman–Crippen MR) is 52.2 cm³/mol. The van der Waals surface area contributed by atoms with Gasteiger partial charge in [0.15, 0.2) is 0 Å². The van der Waals surface area contributed by atoms with E-state index in [9.17, 15) is 4.79 Å². The Morgan fingerprint density at radius 3 is 2.86 bits per heavy atom. The van der Waals surface area contributed by atoms with Gasteiger partial charge in [0.05, 0.1) is 7.11 Å². The highest BCUT2D eigenvalue weighted by Crippen LogP contribution is 2.26. The maximum atomic E-state index is 11.0. The lowest BCUT2D eigenvalue weighted by Crippen LogP contribution is -2.21. The molecule has 1 unspecified atom stereocenters. The molecule has 0 radical (unpaired) electrons. The number of ether oxygens (including phenoxy) is 1. The zero-order valence-corrected chi connectivity index (χ0v) is 8.27. The molecule has 5 heteroatoms. The molecule has 78 valence electrons. The van der Waals surface area contributed by atoms with Crippen LogP contribution in [0.15, 0.2) is 11.5 Å². The van der Waals surface area contributed by atoms with Crippen molar-refractivity contribution in [1.82, 2.24) is 0 Å². The second-order valence-corrected chi connectivity index (χ2v) is 3.57. The highest BCUT2D eigenvalue weighted by atomic mass is 16.5. The minimum absolute atomic E-state index is 0.198. The third-order valence-corrected chi connectivity index (χ3v) is 2.57. The first kappa shape index (κ1) is 11.3. The van der Waals surface area contributed by atoms with Crippen LogP contribution in [0.3, 0.4) is 0 Å². The van der Waals surface area contributed by atoms with Crippen LogP contribution in [0.1, 0.15) is 25.7 Å². The van der Waals surface area contributed by atoms with E-state index in [4.69, 9.17) is 10.0 Å². The molecule has 0 spiro atoms. The smallest absolute Gasteiger partial charge is 0.469 e. The lowest BCUT2D eigenvalue weighted by molar-refractivity contribution is -0.141. The van der Waals surface area contributed by atoms with Gasteiger partial charge in [0.25, 0.3) is 0 Å². The van der Waals surface area contributed by atoms with Crippen LogP contribution in [0.25, 0.3) is 0 Å². The third kappa shape index (κ3) is 3.16. The first-order chi connectivity index (χ1) is 6.63. The fourth-order valence-corrected chi connectivity index (χ4v) is 1.65. The number of hydrogen-bond donors (Lipinski definition) is 2. The average molecular weight is 198 g/mol. The summed E-state index contributed by atoms with van der Waals surface area (Å²) in [6.07, 6.45) is 4.42. The SMILES string of the molecule is COC(=O)CC1CC=C(B(O)O)CC1. The quantitative estimate of drug-likeness (QED) is 0.505. The number of carbonyl (C=O) groups is 1. The van der Waals surface area contributed by atoms with E-state index < -0.39 is 7.12 Å². The van der Waals surface area contributed by atoms with E-state index in [2.05, 4.69) is 4.74 Å². The number of rotatable bonds is 3. The lowest BCUT2D eigenvalue weighted by Gasteiger charge is -2.20. The van der Waals surface area contributed by atoms with Gasteiger partial charge in [-0.3, -0.25) is 4.79 Å². The summed E-state index contributed by atoms with van der Waals surface area (Å²) >= 11 is 0. The highest BCUT2D eigenvalue weighted by molar-refractivity contribution is 6.50. The summed E-state index contributed by atoms with van der Waals surface area (Å²) in [4.78, 5) is 11.0. The Balaban J connectivity index is 2.39. The molecular formula is C9H15BO4. The number of methoxy groups -OCH3 is 1. The second kappa shape index (κ2) is 5.17. The topological polar surface area (TPSA) is 66.8 Å². The molecule has 4 nitrogen and oxygen atoms in total. The van der Waals surface area contributed by atoms with Crippen LogP contribution in [0, 0.1) is 5.92 Å². The molecule has 0 saturated heterocycles. The first-order valence-electron chi connectivity index (χ1n) is 4.75. The molecule has 1 atom stereocenters. The molecule has 0 aromatic carbocycles. The van der Waals surface area contributed by atoms with Gasteiger partial charge in [-0.1, -0.05) is 6.08 Å². The van der Waals surface area contributed by atoms with Gasteiger partial charge in [-0.05, 0) is 30.7 Å². The molecule has 0 aliphatic heterocycles. The monoisotopic (exact) mass is 198 g/mol. The van der Waals surface area contributed by atoms with Gasteiger partial charge < -0.3 is 14.8 Å². The number of carbonyl (C=O) groups excluding carboxylic acids is 1. The summed E-state index contributed by atoms with van der Waals surface area (Å²) in [5.41, 5.74) is 0.658. The minimum atomic E-state index is -1.34. The van der Waals surface area contributed by atoms with Crippen molar-refractivity contribution in [3.63, 3.8) is 0 Å². The molecule has 2 N–H and O–H groups in total. The van der Waals surface area contributed by atoms with Crippen molar-refractivity contribution in [2.45, 2.75) is 25.7 Å². The summed E-state index contributed by atoms with van der Waals surface area (Å²) in [5, 5.41) is 17.8. The summed E-state index contributed by atoms with van der Waals surface area (Å²) in [6.45, 7) is 0. The summed E-state index contributed by atoms with van der Waals surface area (Å²) < 4.78 is 4.57. The van der Waals surface area contributed by atoms with Crippen molar-refractivity contribution in [1.29, 1.82) is 0 Å². The molecule has 0 fully saturated rings. The van der Waals surface area contributed by atoms with Gasteiger partial charge in [0.2, 0.25) is 0 Å². The lowest BCUT2D eigenvalue weighted by atomic mass is 9.71. The van der Waals surface area contributed by atoms with Crippen molar-refractivity contribution in [3.05, 3.63) is 11.5 Å². The van der Waals surface area contributed by atoms with Crippen LogP contribution >= 0.6 is 0 Å². The van der Waals surface area contributed by atoms with E-state index >= 15 is 0 Å². The maximum absolute atomic E-state index is 11.0. The van der Waals surface area contributed by atoms with Crippen LogP contribution in [-0.4, -0.2) is 30.2 Å². The Labute approximate surface area is 83.7 Å². The van der Waals surface area contributed by atoms with E-state index in [1.165, 1.54) is 7.11 Å². The predicted octanol–water partition coefficient (Wildman–Crippen LogP) is 0.288. The Hall–Kier alpha value is -0.805. The summed E-state index contributed by atoms with van der Waals surface area (Å²) in [7, 11) is 0.0401. The van der Waals surface area contributed by atoms with Gasteiger partial charge in [0, 0.05) is 6.42 Å². The molecule has 0 heterocycles. The molecule has 0 saturated carbocycles. The second-order valence-electron chi connectivity index (χ2n) is 3.57. The van der Waals surface area contributed by atoms with Crippen molar-refractivity contribution < 1.29 is 19.6 Å². The molecule has 14 heavy (non-hydrogen) atoms. The number of allylic oxidation sites excluding steroid dienone is 2. The molecule has 0 amide bonds. The Kier molecular flexibility index (Phi) is 4.16. The molecule has 0 aromatic heterocycles. The van der Waals surface area contributed by atoms with E-state index in [1.807, 2.05) is 6.08 Å². The van der Waals surface area contributed by atoms with E-state index in [-0.39, 0.29) is 11.9 Å². The zero-order chi connectivity index (χ0) is 10.6. The van der Waals surface area contributed by atoms with Crippen LogP contribution in [-0.2, 0) is 9.53 Å². The Morgan fingerprint density at radius 1 is 1.71 bits per heavy atom. The molecule has 1 rings (SSSR count). The standard InChI is InChI=1S/C9H15BO4/c1-14-9(11)6-7-2-4-8(5-3-7)10(12)13/h4,7,12-13H,2-3,5-6H2,1H3. The number of hydrogen-bond acceptors (Lipinski definition) is 4.